The summed E-state index contributed by atoms with van der Waals surface area (Å²) in [6.45, 7) is 0. The Bertz CT molecular complexity index is 776. The van der Waals surface area contributed by atoms with Crippen molar-refractivity contribution in [3.05, 3.63) is 60.2 Å². The van der Waals surface area contributed by atoms with Crippen molar-refractivity contribution in [2.75, 3.05) is 17.3 Å². The molecule has 0 bridgehead atoms. The van der Waals surface area contributed by atoms with Crippen LogP contribution in [-0.4, -0.2) is 24.9 Å². The molecule has 26 heavy (non-hydrogen) atoms. The smallest absolute Gasteiger partial charge is 0.258 e. The number of anilines is 2. The van der Waals surface area contributed by atoms with Gasteiger partial charge in [-0.25, -0.2) is 0 Å². The van der Waals surface area contributed by atoms with Crippen LogP contribution in [0.5, 0.6) is 0 Å². The van der Waals surface area contributed by atoms with Crippen molar-refractivity contribution in [1.82, 2.24) is 0 Å². The minimum absolute atomic E-state index is 0.0128. The van der Waals surface area contributed by atoms with Crippen LogP contribution in [0.1, 0.15) is 36.0 Å². The Hall–Kier alpha value is -2.66. The van der Waals surface area contributed by atoms with Crippen LogP contribution < -0.4 is 16.0 Å². The summed E-state index contributed by atoms with van der Waals surface area (Å²) in [6, 6.07) is 16.6. The average Bonchev–Trinajstić information content (AvgIpc) is 2.67. The molecule has 1 aliphatic rings. The van der Waals surface area contributed by atoms with E-state index in [1.807, 2.05) is 30.3 Å². The van der Waals surface area contributed by atoms with Crippen LogP contribution in [-0.2, 0) is 4.79 Å². The number of hydrogen-bond acceptors (Lipinski definition) is 3. The summed E-state index contributed by atoms with van der Waals surface area (Å²) in [5, 5.41) is 2.94. The number of hydrogen-bond donors (Lipinski definition) is 2. The van der Waals surface area contributed by atoms with Gasteiger partial charge < -0.3 is 16.0 Å². The van der Waals surface area contributed by atoms with E-state index in [2.05, 4.69) is 5.32 Å². The van der Waals surface area contributed by atoms with Gasteiger partial charge in [-0.1, -0.05) is 30.7 Å². The van der Waals surface area contributed by atoms with Crippen LogP contribution in [0.2, 0.25) is 0 Å². The zero-order valence-electron chi connectivity index (χ0n) is 15.0. The Balaban J connectivity index is 1.69. The lowest BCUT2D eigenvalue weighted by Crippen LogP contribution is -2.34. The molecular formula is C21H25N3O2. The number of nitrogens with two attached hydrogens (primary N) is 1. The molecule has 2 aromatic carbocycles. The third-order valence-corrected chi connectivity index (χ3v) is 4.91. The molecule has 3 rings (SSSR count). The molecule has 0 aromatic heterocycles. The van der Waals surface area contributed by atoms with E-state index in [1.54, 1.807) is 36.2 Å². The summed E-state index contributed by atoms with van der Waals surface area (Å²) < 4.78 is 0. The highest BCUT2D eigenvalue weighted by Crippen LogP contribution is 2.25. The molecule has 1 aliphatic carbocycles. The largest absolute Gasteiger partial charge is 0.328 e. The van der Waals surface area contributed by atoms with Gasteiger partial charge in [-0.2, -0.15) is 0 Å². The predicted octanol–water partition coefficient (Wildman–Crippen LogP) is 3.42. The van der Waals surface area contributed by atoms with Crippen LogP contribution in [0.4, 0.5) is 11.4 Å². The number of amides is 2. The second kappa shape index (κ2) is 8.15. The number of benzene rings is 2. The summed E-state index contributed by atoms with van der Waals surface area (Å²) in [6.07, 6.45) is 3.56. The van der Waals surface area contributed by atoms with Crippen LogP contribution >= 0.6 is 0 Å². The highest BCUT2D eigenvalue weighted by Gasteiger charge is 2.25. The minimum atomic E-state index is -0.119. The third-order valence-electron chi connectivity index (χ3n) is 4.91. The first kappa shape index (κ1) is 18.1. The van der Waals surface area contributed by atoms with E-state index in [1.165, 1.54) is 0 Å². The fourth-order valence-electron chi connectivity index (χ4n) is 3.40. The standard InChI is InChI=1S/C21H25N3O2/c1-24(19-11-3-2-4-12-19)21(26)16-8-6-10-18(14-16)23-20(25)15-7-5-9-17(22)13-15/h2-4,6,8,10-12,14-15,17H,5,7,9,13,22H2,1H3,(H,23,25). The highest BCUT2D eigenvalue weighted by molar-refractivity contribution is 6.06. The van der Waals surface area contributed by atoms with Crippen LogP contribution in [0, 0.1) is 5.92 Å². The topological polar surface area (TPSA) is 75.4 Å². The molecule has 2 amide bonds. The maximum Gasteiger partial charge on any atom is 0.258 e. The van der Waals surface area contributed by atoms with Gasteiger partial charge in [0.25, 0.3) is 5.91 Å². The fraction of sp³-hybridized carbons (Fsp3) is 0.333. The highest BCUT2D eigenvalue weighted by atomic mass is 16.2. The van der Waals surface area contributed by atoms with Crippen molar-refractivity contribution in [1.29, 1.82) is 0 Å². The van der Waals surface area contributed by atoms with Gasteiger partial charge in [0, 0.05) is 35.9 Å². The first-order valence-corrected chi connectivity index (χ1v) is 9.04. The van der Waals surface area contributed by atoms with E-state index in [0.29, 0.717) is 11.3 Å². The Kier molecular flexibility index (Phi) is 5.68. The summed E-state index contributed by atoms with van der Waals surface area (Å²) >= 11 is 0. The van der Waals surface area contributed by atoms with Crippen molar-refractivity contribution in [2.45, 2.75) is 31.7 Å². The molecule has 0 heterocycles. The quantitative estimate of drug-likeness (QED) is 0.886. The fourth-order valence-corrected chi connectivity index (χ4v) is 3.40. The van der Waals surface area contributed by atoms with E-state index in [0.717, 1.165) is 31.4 Å². The lowest BCUT2D eigenvalue weighted by atomic mass is 9.85. The van der Waals surface area contributed by atoms with Crippen molar-refractivity contribution in [2.24, 2.45) is 11.7 Å². The van der Waals surface area contributed by atoms with Gasteiger partial charge in [-0.05, 0) is 49.6 Å². The number of carbonyl (C=O) groups excluding carboxylic acids is 2. The van der Waals surface area contributed by atoms with Crippen molar-refractivity contribution in [3.63, 3.8) is 0 Å². The predicted molar refractivity (Wildman–Crippen MR) is 104 cm³/mol. The lowest BCUT2D eigenvalue weighted by Gasteiger charge is -2.25. The van der Waals surface area contributed by atoms with Crippen LogP contribution in [0.15, 0.2) is 54.6 Å². The van der Waals surface area contributed by atoms with Crippen molar-refractivity contribution >= 4 is 23.2 Å². The average molecular weight is 351 g/mol. The molecule has 0 radical (unpaired) electrons. The first-order valence-electron chi connectivity index (χ1n) is 9.04. The molecule has 5 heteroatoms. The molecule has 0 spiro atoms. The first-order chi connectivity index (χ1) is 12.5. The van der Waals surface area contributed by atoms with Gasteiger partial charge >= 0.3 is 0 Å². The van der Waals surface area contributed by atoms with Crippen molar-refractivity contribution in [3.8, 4) is 0 Å². The van der Waals surface area contributed by atoms with E-state index in [-0.39, 0.29) is 23.8 Å². The van der Waals surface area contributed by atoms with Gasteiger partial charge in [-0.15, -0.1) is 0 Å². The molecule has 2 atom stereocenters. The van der Waals surface area contributed by atoms with E-state index >= 15 is 0 Å². The molecule has 0 saturated heterocycles. The third kappa shape index (κ3) is 4.29. The molecular weight excluding hydrogens is 326 g/mol. The number of rotatable bonds is 4. The molecule has 0 aliphatic heterocycles. The normalized spacial score (nSPS) is 19.6. The monoisotopic (exact) mass is 351 g/mol. The molecule has 3 N–H and O–H groups in total. The maximum atomic E-state index is 12.7. The Morgan fingerprint density at radius 2 is 1.85 bits per heavy atom. The van der Waals surface area contributed by atoms with Gasteiger partial charge in [-0.3, -0.25) is 9.59 Å². The molecule has 2 aromatic rings. The summed E-state index contributed by atoms with van der Waals surface area (Å²) in [5.74, 6) is -0.182. The van der Waals surface area contributed by atoms with E-state index in [4.69, 9.17) is 5.73 Å². The van der Waals surface area contributed by atoms with Crippen LogP contribution in [0.25, 0.3) is 0 Å². The number of para-hydroxylation sites is 1. The Morgan fingerprint density at radius 1 is 1.08 bits per heavy atom. The molecule has 136 valence electrons. The zero-order valence-corrected chi connectivity index (χ0v) is 15.0. The lowest BCUT2D eigenvalue weighted by molar-refractivity contribution is -0.120. The second-order valence-corrected chi connectivity index (χ2v) is 6.89. The maximum absolute atomic E-state index is 12.7. The Morgan fingerprint density at radius 3 is 2.58 bits per heavy atom. The summed E-state index contributed by atoms with van der Waals surface area (Å²) in [7, 11) is 1.74. The number of nitrogens with zero attached hydrogens (tertiary/aromatic N) is 1. The second-order valence-electron chi connectivity index (χ2n) is 6.89. The minimum Gasteiger partial charge on any atom is -0.328 e. The van der Waals surface area contributed by atoms with Crippen molar-refractivity contribution < 1.29 is 9.59 Å². The zero-order chi connectivity index (χ0) is 18.5. The van der Waals surface area contributed by atoms with Gasteiger partial charge in [0.05, 0.1) is 0 Å². The molecule has 5 nitrogen and oxygen atoms in total. The van der Waals surface area contributed by atoms with Crippen LogP contribution in [0.3, 0.4) is 0 Å². The van der Waals surface area contributed by atoms with E-state index in [9.17, 15) is 9.59 Å². The number of nitrogens with one attached hydrogen (secondary N) is 1. The van der Waals surface area contributed by atoms with E-state index < -0.39 is 0 Å². The molecule has 2 unspecified atom stereocenters. The molecule has 1 saturated carbocycles. The summed E-state index contributed by atoms with van der Waals surface area (Å²) in [4.78, 5) is 26.8. The van der Waals surface area contributed by atoms with Gasteiger partial charge in [0.2, 0.25) is 5.91 Å². The summed E-state index contributed by atoms with van der Waals surface area (Å²) in [5.41, 5.74) is 7.98. The number of carbonyl (C=O) groups is 2. The Labute approximate surface area is 154 Å². The molecule has 1 fully saturated rings. The SMILES string of the molecule is CN(C(=O)c1cccc(NC(=O)C2CCCC(N)C2)c1)c1ccccc1. The van der Waals surface area contributed by atoms with Gasteiger partial charge in [0.15, 0.2) is 0 Å². The van der Waals surface area contributed by atoms with Gasteiger partial charge in [0.1, 0.15) is 0 Å².